The normalized spacial score (nSPS) is 17.2. The Hall–Kier alpha value is -1.95. The molecule has 0 saturated heterocycles. The molecular weight excluding hydrogens is 270 g/mol. The third-order valence-corrected chi connectivity index (χ3v) is 4.20. The number of benzene rings is 1. The number of amides is 1. The predicted octanol–water partition coefficient (Wildman–Crippen LogP) is 2.85. The number of nitro groups is 1. The predicted molar refractivity (Wildman–Crippen MR) is 81.2 cm³/mol. The number of carbonyl (C=O) groups excluding carboxylic acids is 1. The van der Waals surface area contributed by atoms with Crippen LogP contribution in [0, 0.1) is 10.1 Å². The summed E-state index contributed by atoms with van der Waals surface area (Å²) in [4.78, 5) is 22.3. The maximum absolute atomic E-state index is 12.2. The molecule has 0 bridgehead atoms. The van der Waals surface area contributed by atoms with E-state index in [0.29, 0.717) is 12.1 Å². The van der Waals surface area contributed by atoms with Gasteiger partial charge in [-0.3, -0.25) is 14.9 Å². The first-order valence-corrected chi connectivity index (χ1v) is 7.28. The minimum Gasteiger partial charge on any atom is -0.326 e. The molecule has 114 valence electrons. The Bertz CT molecular complexity index is 507. The highest BCUT2D eigenvalue weighted by Gasteiger charge is 2.32. The van der Waals surface area contributed by atoms with Crippen molar-refractivity contribution in [3.8, 4) is 0 Å². The number of hydrogen-bond donors (Lipinski definition) is 2. The molecule has 2 N–H and O–H groups in total. The van der Waals surface area contributed by atoms with Gasteiger partial charge >= 0.3 is 0 Å². The number of rotatable bonds is 5. The van der Waals surface area contributed by atoms with Gasteiger partial charge in [-0.1, -0.05) is 19.3 Å². The maximum Gasteiger partial charge on any atom is 0.269 e. The minimum atomic E-state index is -0.455. The topological polar surface area (TPSA) is 84.3 Å². The van der Waals surface area contributed by atoms with Crippen molar-refractivity contribution in [2.24, 2.45) is 0 Å². The quantitative estimate of drug-likeness (QED) is 0.645. The van der Waals surface area contributed by atoms with Crippen LogP contribution in [0.5, 0.6) is 0 Å². The first kappa shape index (κ1) is 15.4. The van der Waals surface area contributed by atoms with Crippen molar-refractivity contribution >= 4 is 17.3 Å². The van der Waals surface area contributed by atoms with Crippen molar-refractivity contribution in [1.29, 1.82) is 0 Å². The second-order valence-electron chi connectivity index (χ2n) is 5.62. The van der Waals surface area contributed by atoms with Crippen LogP contribution in [0.2, 0.25) is 0 Å². The van der Waals surface area contributed by atoms with E-state index in [9.17, 15) is 14.9 Å². The summed E-state index contributed by atoms with van der Waals surface area (Å²) in [5, 5.41) is 16.7. The lowest BCUT2D eigenvalue weighted by Crippen LogP contribution is -2.47. The maximum atomic E-state index is 12.2. The summed E-state index contributed by atoms with van der Waals surface area (Å²) in [5.41, 5.74) is 0.503. The lowest BCUT2D eigenvalue weighted by molar-refractivity contribution is -0.384. The highest BCUT2D eigenvalue weighted by Crippen LogP contribution is 2.31. The summed E-state index contributed by atoms with van der Waals surface area (Å²) in [5.74, 6) is -0.0555. The van der Waals surface area contributed by atoms with E-state index < -0.39 is 4.92 Å². The first-order chi connectivity index (χ1) is 10.0. The molecule has 0 heterocycles. The van der Waals surface area contributed by atoms with E-state index in [2.05, 4.69) is 10.6 Å². The van der Waals surface area contributed by atoms with Gasteiger partial charge in [-0.25, -0.2) is 0 Å². The molecule has 0 aliphatic heterocycles. The van der Waals surface area contributed by atoms with Crippen molar-refractivity contribution in [3.63, 3.8) is 0 Å². The SMILES string of the molecule is CNC1(CC(=O)Nc2ccc([N+](=O)[O-])cc2)CCCCC1. The Kier molecular flexibility index (Phi) is 4.90. The van der Waals surface area contributed by atoms with E-state index in [1.165, 1.54) is 18.6 Å². The molecule has 0 atom stereocenters. The Labute approximate surface area is 124 Å². The lowest BCUT2D eigenvalue weighted by Gasteiger charge is -2.36. The highest BCUT2D eigenvalue weighted by molar-refractivity contribution is 5.91. The summed E-state index contributed by atoms with van der Waals surface area (Å²) < 4.78 is 0. The van der Waals surface area contributed by atoms with Crippen LogP contribution >= 0.6 is 0 Å². The molecule has 0 unspecified atom stereocenters. The van der Waals surface area contributed by atoms with Gasteiger partial charge in [0.05, 0.1) is 4.92 Å². The van der Waals surface area contributed by atoms with E-state index in [-0.39, 0.29) is 17.1 Å². The Morgan fingerprint density at radius 2 is 1.86 bits per heavy atom. The fourth-order valence-electron chi connectivity index (χ4n) is 2.92. The van der Waals surface area contributed by atoms with Crippen LogP contribution in [0.4, 0.5) is 11.4 Å². The van der Waals surface area contributed by atoms with E-state index in [1.54, 1.807) is 12.1 Å². The molecule has 2 rings (SSSR count). The third-order valence-electron chi connectivity index (χ3n) is 4.20. The van der Waals surface area contributed by atoms with Crippen LogP contribution in [-0.2, 0) is 4.79 Å². The molecule has 0 aromatic heterocycles. The molecule has 1 aromatic rings. The molecular formula is C15H21N3O3. The van der Waals surface area contributed by atoms with Gasteiger partial charge in [0, 0.05) is 29.8 Å². The highest BCUT2D eigenvalue weighted by atomic mass is 16.6. The summed E-state index contributed by atoms with van der Waals surface area (Å²) in [7, 11) is 1.91. The van der Waals surface area contributed by atoms with Crippen LogP contribution in [0.15, 0.2) is 24.3 Å². The molecule has 1 amide bonds. The van der Waals surface area contributed by atoms with Gasteiger partial charge in [0.15, 0.2) is 0 Å². The third kappa shape index (κ3) is 4.01. The number of nitrogens with one attached hydrogen (secondary N) is 2. The van der Waals surface area contributed by atoms with Gasteiger partial charge in [0.1, 0.15) is 0 Å². The van der Waals surface area contributed by atoms with Gasteiger partial charge in [-0.2, -0.15) is 0 Å². The minimum absolute atomic E-state index is 0.0203. The van der Waals surface area contributed by atoms with Gasteiger partial charge in [0.25, 0.3) is 5.69 Å². The van der Waals surface area contributed by atoms with Gasteiger partial charge in [-0.05, 0) is 32.0 Å². The molecule has 1 aliphatic carbocycles. The van der Waals surface area contributed by atoms with E-state index in [0.717, 1.165) is 25.7 Å². The number of hydrogen-bond acceptors (Lipinski definition) is 4. The molecule has 6 heteroatoms. The molecule has 0 radical (unpaired) electrons. The zero-order chi connectivity index (χ0) is 15.3. The van der Waals surface area contributed by atoms with Gasteiger partial charge < -0.3 is 10.6 Å². The molecule has 1 fully saturated rings. The largest absolute Gasteiger partial charge is 0.326 e. The summed E-state index contributed by atoms with van der Waals surface area (Å²) in [6, 6.07) is 5.90. The molecule has 1 aliphatic rings. The van der Waals surface area contributed by atoms with Crippen molar-refractivity contribution in [1.82, 2.24) is 5.32 Å². The van der Waals surface area contributed by atoms with Crippen molar-refractivity contribution in [2.75, 3.05) is 12.4 Å². The lowest BCUT2D eigenvalue weighted by atomic mass is 9.79. The van der Waals surface area contributed by atoms with Gasteiger partial charge in [-0.15, -0.1) is 0 Å². The summed E-state index contributed by atoms with van der Waals surface area (Å²) >= 11 is 0. The fourth-order valence-corrected chi connectivity index (χ4v) is 2.92. The van der Waals surface area contributed by atoms with Crippen LogP contribution < -0.4 is 10.6 Å². The van der Waals surface area contributed by atoms with E-state index in [4.69, 9.17) is 0 Å². The Morgan fingerprint density at radius 3 is 2.38 bits per heavy atom. The van der Waals surface area contributed by atoms with E-state index in [1.807, 2.05) is 7.05 Å². The Balaban J connectivity index is 1.95. The van der Waals surface area contributed by atoms with Crippen LogP contribution in [0.3, 0.4) is 0 Å². The fraction of sp³-hybridized carbons (Fsp3) is 0.533. The van der Waals surface area contributed by atoms with Crippen molar-refractivity contribution in [2.45, 2.75) is 44.1 Å². The molecule has 1 saturated carbocycles. The molecule has 1 aromatic carbocycles. The Morgan fingerprint density at radius 1 is 1.24 bits per heavy atom. The number of carbonyl (C=O) groups is 1. The van der Waals surface area contributed by atoms with Crippen molar-refractivity contribution < 1.29 is 9.72 Å². The number of non-ortho nitro benzene ring substituents is 1. The zero-order valence-corrected chi connectivity index (χ0v) is 12.2. The number of anilines is 1. The number of nitro benzene ring substituents is 1. The van der Waals surface area contributed by atoms with Gasteiger partial charge in [0.2, 0.25) is 5.91 Å². The molecule has 6 nitrogen and oxygen atoms in total. The molecule has 21 heavy (non-hydrogen) atoms. The summed E-state index contributed by atoms with van der Waals surface area (Å²) in [6.07, 6.45) is 5.97. The first-order valence-electron chi connectivity index (χ1n) is 7.28. The standard InChI is InChI=1S/C15H21N3O3/c1-16-15(9-3-2-4-10-15)11-14(19)17-12-5-7-13(8-6-12)18(20)21/h5-8,16H,2-4,9-11H2,1H3,(H,17,19). The number of nitrogens with zero attached hydrogens (tertiary/aromatic N) is 1. The second kappa shape index (κ2) is 6.67. The van der Waals surface area contributed by atoms with Crippen LogP contribution in [-0.4, -0.2) is 23.4 Å². The average Bonchev–Trinajstić information content (AvgIpc) is 2.48. The summed E-state index contributed by atoms with van der Waals surface area (Å²) in [6.45, 7) is 0. The monoisotopic (exact) mass is 291 g/mol. The second-order valence-corrected chi connectivity index (χ2v) is 5.62. The average molecular weight is 291 g/mol. The molecule has 0 spiro atoms. The zero-order valence-electron chi connectivity index (χ0n) is 12.2. The van der Waals surface area contributed by atoms with Crippen LogP contribution in [0.1, 0.15) is 38.5 Å². The van der Waals surface area contributed by atoms with Crippen LogP contribution in [0.25, 0.3) is 0 Å². The smallest absolute Gasteiger partial charge is 0.269 e. The van der Waals surface area contributed by atoms with Crippen molar-refractivity contribution in [3.05, 3.63) is 34.4 Å². The van der Waals surface area contributed by atoms with E-state index >= 15 is 0 Å².